The Hall–Kier alpha value is -2.41. The molecule has 4 heteroatoms. The van der Waals surface area contributed by atoms with Crippen molar-refractivity contribution in [2.45, 2.75) is 13.5 Å². The second kappa shape index (κ2) is 5.28. The van der Waals surface area contributed by atoms with E-state index in [1.807, 2.05) is 37.1 Å². The van der Waals surface area contributed by atoms with Crippen LogP contribution in [0.2, 0.25) is 0 Å². The maximum atomic E-state index is 8.86. The quantitative estimate of drug-likeness (QED) is 0.823. The molecule has 0 aliphatic carbocycles. The van der Waals surface area contributed by atoms with E-state index in [0.29, 0.717) is 18.1 Å². The molecule has 0 aliphatic rings. The number of rotatable bonds is 3. The summed E-state index contributed by atoms with van der Waals surface area (Å²) in [6, 6.07) is 9.69. The fraction of sp³-hybridized carbons (Fsp3) is 0.214. The summed E-state index contributed by atoms with van der Waals surface area (Å²) in [6.07, 6.45) is 3.59. The summed E-state index contributed by atoms with van der Waals surface area (Å²) in [5, 5.41) is 8.86. The second-order valence-electron chi connectivity index (χ2n) is 4.23. The molecule has 0 fully saturated rings. The van der Waals surface area contributed by atoms with Gasteiger partial charge in [-0.2, -0.15) is 5.26 Å². The second-order valence-corrected chi connectivity index (χ2v) is 4.23. The van der Waals surface area contributed by atoms with E-state index in [2.05, 4.69) is 16.0 Å². The van der Waals surface area contributed by atoms with Crippen LogP contribution in [0.25, 0.3) is 0 Å². The highest BCUT2D eigenvalue weighted by atomic mass is 15.2. The molecule has 0 N–H and O–H groups in total. The van der Waals surface area contributed by atoms with Crippen LogP contribution >= 0.6 is 0 Å². The van der Waals surface area contributed by atoms with Crippen LogP contribution in [0.15, 0.2) is 36.7 Å². The summed E-state index contributed by atoms with van der Waals surface area (Å²) < 4.78 is 0. The largest absolute Gasteiger partial charge is 0.340 e. The van der Waals surface area contributed by atoms with Crippen LogP contribution in [-0.4, -0.2) is 17.0 Å². The van der Waals surface area contributed by atoms with Gasteiger partial charge in [0.1, 0.15) is 0 Å². The van der Waals surface area contributed by atoms with Gasteiger partial charge < -0.3 is 4.90 Å². The van der Waals surface area contributed by atoms with E-state index in [0.717, 1.165) is 11.1 Å². The molecule has 0 aliphatic heterocycles. The van der Waals surface area contributed by atoms with Gasteiger partial charge in [0, 0.05) is 26.0 Å². The molecule has 0 unspecified atom stereocenters. The van der Waals surface area contributed by atoms with Gasteiger partial charge in [0.2, 0.25) is 5.95 Å². The van der Waals surface area contributed by atoms with E-state index in [1.165, 1.54) is 0 Å². The molecule has 0 radical (unpaired) electrons. The van der Waals surface area contributed by atoms with Crippen molar-refractivity contribution in [3.8, 4) is 6.07 Å². The number of aromatic nitrogens is 2. The lowest BCUT2D eigenvalue weighted by atomic mass is 10.1. The number of hydrogen-bond donors (Lipinski definition) is 0. The van der Waals surface area contributed by atoms with Gasteiger partial charge in [0.15, 0.2) is 0 Å². The Morgan fingerprint density at radius 2 is 2.00 bits per heavy atom. The van der Waals surface area contributed by atoms with Gasteiger partial charge in [-0.05, 0) is 30.2 Å². The van der Waals surface area contributed by atoms with Crippen LogP contribution < -0.4 is 4.90 Å². The van der Waals surface area contributed by atoms with Gasteiger partial charge >= 0.3 is 0 Å². The standard InChI is InChI=1S/C14H14N4/c1-11-8-16-14(17-9-11)18(2)10-13-5-3-4-12(6-13)7-15/h3-6,8-9H,10H2,1-2H3. The normalized spacial score (nSPS) is 9.83. The van der Waals surface area contributed by atoms with E-state index in [-0.39, 0.29) is 0 Å². The first-order chi connectivity index (χ1) is 8.69. The molecule has 1 aromatic carbocycles. The van der Waals surface area contributed by atoms with Crippen LogP contribution in [-0.2, 0) is 6.54 Å². The molecule has 18 heavy (non-hydrogen) atoms. The zero-order chi connectivity index (χ0) is 13.0. The number of benzene rings is 1. The Balaban J connectivity index is 2.13. The number of nitriles is 1. The van der Waals surface area contributed by atoms with Crippen LogP contribution in [0, 0.1) is 18.3 Å². The number of anilines is 1. The van der Waals surface area contributed by atoms with E-state index in [1.54, 1.807) is 18.5 Å². The molecule has 4 nitrogen and oxygen atoms in total. The van der Waals surface area contributed by atoms with Crippen LogP contribution in [0.3, 0.4) is 0 Å². The molecule has 90 valence electrons. The van der Waals surface area contributed by atoms with E-state index in [9.17, 15) is 0 Å². The molecule has 0 bridgehead atoms. The average Bonchev–Trinajstić information content (AvgIpc) is 2.39. The molecule has 0 spiro atoms. The van der Waals surface area contributed by atoms with Gasteiger partial charge in [-0.15, -0.1) is 0 Å². The summed E-state index contributed by atoms with van der Waals surface area (Å²) in [7, 11) is 1.93. The molecule has 0 saturated heterocycles. The summed E-state index contributed by atoms with van der Waals surface area (Å²) in [5.74, 6) is 0.683. The molecular formula is C14H14N4. The number of hydrogen-bond acceptors (Lipinski definition) is 4. The molecule has 1 heterocycles. The van der Waals surface area contributed by atoms with E-state index >= 15 is 0 Å². The Kier molecular flexibility index (Phi) is 3.54. The maximum Gasteiger partial charge on any atom is 0.225 e. The molecule has 0 atom stereocenters. The topological polar surface area (TPSA) is 52.8 Å². The van der Waals surface area contributed by atoms with Gasteiger partial charge in [0.05, 0.1) is 11.6 Å². The zero-order valence-corrected chi connectivity index (χ0v) is 10.5. The first-order valence-electron chi connectivity index (χ1n) is 5.68. The minimum Gasteiger partial charge on any atom is -0.340 e. The molecule has 0 amide bonds. The molecule has 1 aromatic heterocycles. The predicted octanol–water partition coefficient (Wildman–Crippen LogP) is 2.29. The number of nitrogens with zero attached hydrogens (tertiary/aromatic N) is 4. The van der Waals surface area contributed by atoms with Crippen LogP contribution in [0.5, 0.6) is 0 Å². The first-order valence-corrected chi connectivity index (χ1v) is 5.68. The Bertz CT molecular complexity index is 569. The van der Waals surface area contributed by atoms with Crippen molar-refractivity contribution in [2.24, 2.45) is 0 Å². The van der Waals surface area contributed by atoms with Crippen molar-refractivity contribution < 1.29 is 0 Å². The monoisotopic (exact) mass is 238 g/mol. The Morgan fingerprint density at radius 3 is 2.67 bits per heavy atom. The minimum absolute atomic E-state index is 0.672. The Morgan fingerprint density at radius 1 is 1.28 bits per heavy atom. The average molecular weight is 238 g/mol. The van der Waals surface area contributed by atoms with Crippen molar-refractivity contribution in [1.82, 2.24) is 9.97 Å². The lowest BCUT2D eigenvalue weighted by Crippen LogP contribution is -2.19. The highest BCUT2D eigenvalue weighted by molar-refractivity contribution is 5.36. The highest BCUT2D eigenvalue weighted by Crippen LogP contribution is 2.11. The fourth-order valence-corrected chi connectivity index (χ4v) is 1.67. The number of aryl methyl sites for hydroxylation is 1. The van der Waals surface area contributed by atoms with Crippen molar-refractivity contribution in [1.29, 1.82) is 5.26 Å². The van der Waals surface area contributed by atoms with Crippen molar-refractivity contribution in [3.63, 3.8) is 0 Å². The molecule has 2 rings (SSSR count). The third-order valence-electron chi connectivity index (χ3n) is 2.58. The summed E-state index contributed by atoms with van der Waals surface area (Å²) >= 11 is 0. The third kappa shape index (κ3) is 2.83. The van der Waals surface area contributed by atoms with Crippen molar-refractivity contribution in [3.05, 3.63) is 53.3 Å². The van der Waals surface area contributed by atoms with Crippen molar-refractivity contribution in [2.75, 3.05) is 11.9 Å². The van der Waals surface area contributed by atoms with E-state index in [4.69, 9.17) is 5.26 Å². The zero-order valence-electron chi connectivity index (χ0n) is 10.5. The van der Waals surface area contributed by atoms with Crippen LogP contribution in [0.1, 0.15) is 16.7 Å². The van der Waals surface area contributed by atoms with Crippen molar-refractivity contribution >= 4 is 5.95 Å². The van der Waals surface area contributed by atoms with Gasteiger partial charge in [-0.25, -0.2) is 9.97 Å². The highest BCUT2D eigenvalue weighted by Gasteiger charge is 2.05. The maximum absolute atomic E-state index is 8.86. The molecular weight excluding hydrogens is 224 g/mol. The Labute approximate surface area is 107 Å². The van der Waals surface area contributed by atoms with Gasteiger partial charge in [-0.3, -0.25) is 0 Å². The fourth-order valence-electron chi connectivity index (χ4n) is 1.67. The van der Waals surface area contributed by atoms with Gasteiger partial charge in [0.25, 0.3) is 0 Å². The first kappa shape index (κ1) is 12.1. The summed E-state index contributed by atoms with van der Waals surface area (Å²) in [6.45, 7) is 2.64. The van der Waals surface area contributed by atoms with Gasteiger partial charge in [-0.1, -0.05) is 12.1 Å². The predicted molar refractivity (Wildman–Crippen MR) is 70.0 cm³/mol. The lowest BCUT2D eigenvalue weighted by molar-refractivity contribution is 0.863. The summed E-state index contributed by atoms with van der Waals surface area (Å²) in [4.78, 5) is 10.5. The van der Waals surface area contributed by atoms with E-state index < -0.39 is 0 Å². The lowest BCUT2D eigenvalue weighted by Gasteiger charge is -2.16. The molecule has 0 saturated carbocycles. The third-order valence-corrected chi connectivity index (χ3v) is 2.58. The van der Waals surface area contributed by atoms with Crippen LogP contribution in [0.4, 0.5) is 5.95 Å². The smallest absolute Gasteiger partial charge is 0.225 e. The SMILES string of the molecule is Cc1cnc(N(C)Cc2cccc(C#N)c2)nc1. The minimum atomic E-state index is 0.672. The summed E-state index contributed by atoms with van der Waals surface area (Å²) in [5.41, 5.74) is 2.78. The molecule has 2 aromatic rings.